The fourth-order valence-electron chi connectivity index (χ4n) is 3.46. The zero-order chi connectivity index (χ0) is 20.5. The first-order valence-corrected chi connectivity index (χ1v) is 10.9. The van der Waals surface area contributed by atoms with Crippen LogP contribution in [0.2, 0.25) is 0 Å². The van der Waals surface area contributed by atoms with Gasteiger partial charge in [-0.2, -0.15) is 4.31 Å². The van der Waals surface area contributed by atoms with E-state index in [-0.39, 0.29) is 18.5 Å². The van der Waals surface area contributed by atoms with Crippen molar-refractivity contribution in [1.82, 2.24) is 14.1 Å². The van der Waals surface area contributed by atoms with Gasteiger partial charge < -0.3 is 4.90 Å². The van der Waals surface area contributed by atoms with Gasteiger partial charge in [0.05, 0.1) is 31.9 Å². The van der Waals surface area contributed by atoms with E-state index in [9.17, 15) is 22.8 Å². The standard InChI is InChI=1S/C18H24N4O5S/c1-14(2)22-17(24)16(23)21(18(22)25)13-19-8-10-20(11-9-19)28(26,27)12-15-6-4-3-5-7-15/h3-7,14H,8-13H2,1-2H3/p+1. The number of piperazine rings is 1. The Hall–Kier alpha value is -2.30. The number of amides is 4. The predicted molar refractivity (Wildman–Crippen MR) is 100 cm³/mol. The van der Waals surface area contributed by atoms with Gasteiger partial charge in [-0.1, -0.05) is 30.3 Å². The van der Waals surface area contributed by atoms with Gasteiger partial charge in [0.15, 0.2) is 6.67 Å². The second kappa shape index (κ2) is 7.98. The van der Waals surface area contributed by atoms with Crippen LogP contribution in [-0.4, -0.2) is 79.3 Å². The van der Waals surface area contributed by atoms with Crippen LogP contribution in [0.5, 0.6) is 0 Å². The average molecular weight is 409 g/mol. The minimum atomic E-state index is -3.43. The molecule has 0 bridgehead atoms. The van der Waals surface area contributed by atoms with Gasteiger partial charge in [0.2, 0.25) is 10.0 Å². The molecular formula is C18H25N4O5S+. The summed E-state index contributed by atoms with van der Waals surface area (Å²) < 4.78 is 26.7. The minimum Gasteiger partial charge on any atom is -0.315 e. The summed E-state index contributed by atoms with van der Waals surface area (Å²) in [4.78, 5) is 39.3. The molecule has 28 heavy (non-hydrogen) atoms. The molecule has 9 nitrogen and oxygen atoms in total. The first kappa shape index (κ1) is 20.4. The minimum absolute atomic E-state index is 0.0515. The Bertz CT molecular complexity index is 863. The summed E-state index contributed by atoms with van der Waals surface area (Å²) in [5.74, 6) is -1.67. The summed E-state index contributed by atoms with van der Waals surface area (Å²) in [6.45, 7) is 4.96. The number of carbonyl (C=O) groups excluding carboxylic acids is 3. The fourth-order valence-corrected chi connectivity index (χ4v) is 4.99. The molecule has 0 saturated carbocycles. The molecule has 0 unspecified atom stereocenters. The van der Waals surface area contributed by atoms with Crippen LogP contribution >= 0.6 is 0 Å². The van der Waals surface area contributed by atoms with Gasteiger partial charge in [0, 0.05) is 6.04 Å². The molecule has 0 spiro atoms. The van der Waals surface area contributed by atoms with E-state index >= 15 is 0 Å². The Kier molecular flexibility index (Phi) is 5.82. The highest BCUT2D eigenvalue weighted by Crippen LogP contribution is 2.14. The maximum Gasteiger partial charge on any atom is 0.338 e. The normalized spacial score (nSPS) is 19.9. The monoisotopic (exact) mass is 409 g/mol. The maximum absolute atomic E-state index is 12.6. The van der Waals surface area contributed by atoms with Crippen molar-refractivity contribution in [2.24, 2.45) is 0 Å². The Morgan fingerprint density at radius 3 is 2.14 bits per heavy atom. The van der Waals surface area contributed by atoms with Crippen LogP contribution in [0.25, 0.3) is 0 Å². The maximum atomic E-state index is 12.6. The molecule has 0 aromatic heterocycles. The third kappa shape index (κ3) is 4.08. The van der Waals surface area contributed by atoms with Crippen LogP contribution in [0.4, 0.5) is 4.79 Å². The quantitative estimate of drug-likeness (QED) is 0.474. The summed E-state index contributed by atoms with van der Waals surface area (Å²) in [6, 6.07) is 8.02. The van der Waals surface area contributed by atoms with Gasteiger partial charge in [-0.05, 0) is 19.4 Å². The highest BCUT2D eigenvalue weighted by atomic mass is 32.2. The zero-order valence-electron chi connectivity index (χ0n) is 16.0. The SMILES string of the molecule is CC(C)N1C(=O)C(=O)N(C[NH+]2CCN(S(=O)(=O)Cc3ccccc3)CC2)C1=O. The van der Waals surface area contributed by atoms with E-state index in [0.717, 1.165) is 20.3 Å². The van der Waals surface area contributed by atoms with E-state index in [1.54, 1.807) is 38.1 Å². The third-order valence-corrected chi connectivity index (χ3v) is 6.85. The number of imide groups is 2. The van der Waals surface area contributed by atoms with Crippen LogP contribution in [0, 0.1) is 0 Å². The van der Waals surface area contributed by atoms with Crippen LogP contribution in [0.15, 0.2) is 30.3 Å². The number of hydrogen-bond donors (Lipinski definition) is 1. The number of urea groups is 1. The molecule has 152 valence electrons. The molecule has 3 rings (SSSR count). The van der Waals surface area contributed by atoms with Gasteiger partial charge in [0.1, 0.15) is 0 Å². The molecule has 0 radical (unpaired) electrons. The molecule has 10 heteroatoms. The molecule has 0 atom stereocenters. The molecule has 1 aromatic carbocycles. The molecule has 2 saturated heterocycles. The van der Waals surface area contributed by atoms with Crippen molar-refractivity contribution >= 4 is 27.9 Å². The number of sulfonamides is 1. The summed E-state index contributed by atoms with van der Waals surface area (Å²) in [6.07, 6.45) is 0. The fraction of sp³-hybridized carbons (Fsp3) is 0.500. The molecule has 1 N–H and O–H groups in total. The van der Waals surface area contributed by atoms with Crippen LogP contribution in [0.3, 0.4) is 0 Å². The van der Waals surface area contributed by atoms with Crippen molar-refractivity contribution in [2.45, 2.75) is 25.6 Å². The Morgan fingerprint density at radius 2 is 1.61 bits per heavy atom. The van der Waals surface area contributed by atoms with Gasteiger partial charge in [-0.3, -0.25) is 14.5 Å². The lowest BCUT2D eigenvalue weighted by molar-refractivity contribution is -0.910. The second-order valence-electron chi connectivity index (χ2n) is 7.33. The lowest BCUT2D eigenvalue weighted by Crippen LogP contribution is -3.16. The van der Waals surface area contributed by atoms with Gasteiger partial charge in [-0.25, -0.2) is 18.1 Å². The highest BCUT2D eigenvalue weighted by molar-refractivity contribution is 7.88. The van der Waals surface area contributed by atoms with E-state index in [2.05, 4.69) is 0 Å². The molecule has 0 aliphatic carbocycles. The molecule has 2 heterocycles. The number of carbonyl (C=O) groups is 3. The Morgan fingerprint density at radius 1 is 1.00 bits per heavy atom. The van der Waals surface area contributed by atoms with E-state index in [0.29, 0.717) is 26.2 Å². The predicted octanol–water partition coefficient (Wildman–Crippen LogP) is -1.13. The number of quaternary nitrogens is 1. The van der Waals surface area contributed by atoms with Crippen molar-refractivity contribution in [3.63, 3.8) is 0 Å². The summed E-state index contributed by atoms with van der Waals surface area (Å²) in [5, 5.41) is 0. The van der Waals surface area contributed by atoms with Crippen molar-refractivity contribution in [3.8, 4) is 0 Å². The number of hydrogen-bond acceptors (Lipinski definition) is 5. The number of nitrogens with one attached hydrogen (secondary N) is 1. The first-order valence-electron chi connectivity index (χ1n) is 9.25. The van der Waals surface area contributed by atoms with E-state index in [1.807, 2.05) is 6.07 Å². The van der Waals surface area contributed by atoms with Crippen LogP contribution in [-0.2, 0) is 25.4 Å². The van der Waals surface area contributed by atoms with Gasteiger partial charge >= 0.3 is 17.8 Å². The lowest BCUT2D eigenvalue weighted by Gasteiger charge is -2.32. The van der Waals surface area contributed by atoms with Gasteiger partial charge in [-0.15, -0.1) is 0 Å². The van der Waals surface area contributed by atoms with Crippen LogP contribution in [0.1, 0.15) is 19.4 Å². The van der Waals surface area contributed by atoms with Crippen molar-refractivity contribution < 1.29 is 27.7 Å². The number of rotatable bonds is 6. The smallest absolute Gasteiger partial charge is 0.315 e. The Balaban J connectivity index is 1.58. The Labute approximate surface area is 164 Å². The van der Waals surface area contributed by atoms with Gasteiger partial charge in [0.25, 0.3) is 0 Å². The lowest BCUT2D eigenvalue weighted by atomic mass is 10.2. The molecular weight excluding hydrogens is 384 g/mol. The summed E-state index contributed by atoms with van der Waals surface area (Å²) in [5.41, 5.74) is 0.734. The number of benzene rings is 1. The second-order valence-corrected chi connectivity index (χ2v) is 9.30. The number of nitrogens with zero attached hydrogens (tertiary/aromatic N) is 3. The topological polar surface area (TPSA) is 99.5 Å². The van der Waals surface area contributed by atoms with E-state index in [4.69, 9.17) is 0 Å². The largest absolute Gasteiger partial charge is 0.338 e. The van der Waals surface area contributed by atoms with Crippen molar-refractivity contribution in [1.29, 1.82) is 0 Å². The molecule has 2 aliphatic rings. The first-order chi connectivity index (χ1) is 13.2. The summed E-state index contributed by atoms with van der Waals surface area (Å²) in [7, 11) is -3.43. The van der Waals surface area contributed by atoms with E-state index < -0.39 is 27.9 Å². The average Bonchev–Trinajstić information content (AvgIpc) is 2.86. The van der Waals surface area contributed by atoms with E-state index in [1.165, 1.54) is 4.31 Å². The van der Waals surface area contributed by atoms with Crippen LogP contribution < -0.4 is 4.90 Å². The molecule has 1 aromatic rings. The van der Waals surface area contributed by atoms with Crippen molar-refractivity contribution in [2.75, 3.05) is 32.8 Å². The highest BCUT2D eigenvalue weighted by Gasteiger charge is 2.47. The molecule has 4 amide bonds. The molecule has 2 aliphatic heterocycles. The van der Waals surface area contributed by atoms with Crippen molar-refractivity contribution in [3.05, 3.63) is 35.9 Å². The molecule has 2 fully saturated rings. The summed E-state index contributed by atoms with van der Waals surface area (Å²) >= 11 is 0. The zero-order valence-corrected chi connectivity index (χ0v) is 16.8. The third-order valence-electron chi connectivity index (χ3n) is 5.00.